The van der Waals surface area contributed by atoms with Crippen molar-refractivity contribution in [1.29, 1.82) is 0 Å². The fourth-order valence-electron chi connectivity index (χ4n) is 3.11. The zero-order valence-corrected chi connectivity index (χ0v) is 17.9. The first-order chi connectivity index (χ1) is 15.3. The number of nitrogens with one attached hydrogen (secondary N) is 1. The predicted octanol–water partition coefficient (Wildman–Crippen LogP) is 4.90. The molecule has 32 heavy (non-hydrogen) atoms. The van der Waals surface area contributed by atoms with E-state index < -0.39 is 15.7 Å². The van der Waals surface area contributed by atoms with Crippen molar-refractivity contribution in [2.24, 2.45) is 0 Å². The van der Waals surface area contributed by atoms with Crippen molar-refractivity contribution in [1.82, 2.24) is 0 Å². The lowest BCUT2D eigenvalue weighted by molar-refractivity contribution is 0.0989. The van der Waals surface area contributed by atoms with Crippen molar-refractivity contribution in [3.63, 3.8) is 0 Å². The molecule has 0 aliphatic carbocycles. The highest BCUT2D eigenvalue weighted by Crippen LogP contribution is 2.24. The molecule has 0 saturated heterocycles. The van der Waals surface area contributed by atoms with Crippen LogP contribution >= 0.6 is 0 Å². The molecule has 160 valence electrons. The second-order valence-electron chi connectivity index (χ2n) is 7.17. The summed E-state index contributed by atoms with van der Waals surface area (Å²) in [6.45, 7) is 1.86. The third-order valence-electron chi connectivity index (χ3n) is 4.82. The van der Waals surface area contributed by atoms with Crippen LogP contribution in [-0.2, 0) is 9.84 Å². The van der Waals surface area contributed by atoms with Crippen LogP contribution in [-0.4, -0.2) is 20.1 Å². The largest absolute Gasteiger partial charge is 0.439 e. The average Bonchev–Trinajstić information content (AvgIpc) is 3.31. The molecule has 0 fully saturated rings. The van der Waals surface area contributed by atoms with Gasteiger partial charge in [0.2, 0.25) is 14.9 Å². The Morgan fingerprint density at radius 3 is 2.19 bits per heavy atom. The molecular formula is C25H19NO5S. The summed E-state index contributed by atoms with van der Waals surface area (Å²) in [5, 5.41) is 2.32. The Labute approximate surface area is 185 Å². The molecule has 1 heterocycles. The van der Waals surface area contributed by atoms with Crippen molar-refractivity contribution >= 4 is 27.2 Å². The Morgan fingerprint density at radius 2 is 1.47 bits per heavy atom. The highest BCUT2D eigenvalue weighted by molar-refractivity contribution is 7.91. The summed E-state index contributed by atoms with van der Waals surface area (Å²) in [5.74, 6) is -0.957. The topological polar surface area (TPSA) is 93.5 Å². The van der Waals surface area contributed by atoms with E-state index in [1.807, 2.05) is 13.0 Å². The standard InChI is InChI=1S/C25H19NO5S/c1-17-10-12-21(13-11-17)32(29,30)23-15-14-22(31-23)25(28)26-20-9-5-8-19(16-20)24(27)18-6-3-2-4-7-18/h2-16H,1H3,(H,26,28). The number of ketones is 1. The maximum atomic E-state index is 12.7. The molecule has 3 aromatic carbocycles. The molecule has 0 saturated carbocycles. The van der Waals surface area contributed by atoms with Crippen LogP contribution in [0.15, 0.2) is 105 Å². The number of benzene rings is 3. The molecule has 1 amide bonds. The normalized spacial score (nSPS) is 11.2. The summed E-state index contributed by atoms with van der Waals surface area (Å²) in [6, 6.07) is 24.2. The average molecular weight is 445 g/mol. The lowest BCUT2D eigenvalue weighted by Gasteiger charge is -2.06. The van der Waals surface area contributed by atoms with E-state index in [2.05, 4.69) is 5.32 Å². The minimum atomic E-state index is -3.88. The van der Waals surface area contributed by atoms with Crippen LogP contribution in [0, 0.1) is 6.92 Å². The third-order valence-corrected chi connectivity index (χ3v) is 6.46. The van der Waals surface area contributed by atoms with Crippen molar-refractivity contribution < 1.29 is 22.4 Å². The highest BCUT2D eigenvalue weighted by Gasteiger charge is 2.23. The summed E-state index contributed by atoms with van der Waals surface area (Å²) < 4.78 is 30.8. The number of carbonyl (C=O) groups is 2. The van der Waals surface area contributed by atoms with Gasteiger partial charge in [0.05, 0.1) is 4.90 Å². The number of furan rings is 1. The maximum Gasteiger partial charge on any atom is 0.291 e. The van der Waals surface area contributed by atoms with Crippen molar-refractivity contribution in [3.8, 4) is 0 Å². The van der Waals surface area contributed by atoms with Gasteiger partial charge in [0.25, 0.3) is 5.91 Å². The van der Waals surface area contributed by atoms with Crippen LogP contribution in [0.5, 0.6) is 0 Å². The number of anilines is 1. The molecule has 1 N–H and O–H groups in total. The molecule has 1 aromatic heterocycles. The molecule has 7 heteroatoms. The summed E-state index contributed by atoms with van der Waals surface area (Å²) in [6.07, 6.45) is 0. The molecule has 4 rings (SSSR count). The van der Waals surface area contributed by atoms with Gasteiger partial charge in [0, 0.05) is 16.8 Å². The summed E-state index contributed by atoms with van der Waals surface area (Å²) in [5.41, 5.74) is 2.26. The van der Waals surface area contributed by atoms with E-state index in [1.54, 1.807) is 60.7 Å². The molecule has 4 aromatic rings. The minimum absolute atomic E-state index is 0.0801. The summed E-state index contributed by atoms with van der Waals surface area (Å²) >= 11 is 0. The molecule has 0 bridgehead atoms. The number of carbonyl (C=O) groups excluding carboxylic acids is 2. The molecule has 0 aliphatic rings. The van der Waals surface area contributed by atoms with Crippen LogP contribution in [0.25, 0.3) is 0 Å². The van der Waals surface area contributed by atoms with Crippen molar-refractivity contribution in [3.05, 3.63) is 113 Å². The van der Waals surface area contributed by atoms with Gasteiger partial charge >= 0.3 is 0 Å². The van der Waals surface area contributed by atoms with E-state index in [4.69, 9.17) is 4.42 Å². The monoisotopic (exact) mass is 445 g/mol. The van der Waals surface area contributed by atoms with E-state index in [-0.39, 0.29) is 21.5 Å². The summed E-state index contributed by atoms with van der Waals surface area (Å²) in [7, 11) is -3.88. The van der Waals surface area contributed by atoms with Crippen LogP contribution in [0.1, 0.15) is 32.0 Å². The van der Waals surface area contributed by atoms with Gasteiger partial charge in [0.15, 0.2) is 11.5 Å². The highest BCUT2D eigenvalue weighted by atomic mass is 32.2. The first-order valence-corrected chi connectivity index (χ1v) is 11.3. The van der Waals surface area contributed by atoms with Gasteiger partial charge in [-0.15, -0.1) is 0 Å². The smallest absolute Gasteiger partial charge is 0.291 e. The second kappa shape index (κ2) is 8.64. The van der Waals surface area contributed by atoms with Crippen molar-refractivity contribution in [2.75, 3.05) is 5.32 Å². The van der Waals surface area contributed by atoms with Gasteiger partial charge in [-0.05, 0) is 43.3 Å². The van der Waals surface area contributed by atoms with Gasteiger partial charge in [-0.1, -0.05) is 60.2 Å². The van der Waals surface area contributed by atoms with E-state index in [0.29, 0.717) is 16.8 Å². The van der Waals surface area contributed by atoms with Gasteiger partial charge in [-0.25, -0.2) is 8.42 Å². The van der Waals surface area contributed by atoms with Crippen LogP contribution in [0.3, 0.4) is 0 Å². The van der Waals surface area contributed by atoms with Crippen LogP contribution in [0.2, 0.25) is 0 Å². The lowest BCUT2D eigenvalue weighted by Crippen LogP contribution is -2.12. The Balaban J connectivity index is 1.53. The van der Waals surface area contributed by atoms with Gasteiger partial charge in [0.1, 0.15) is 0 Å². The van der Waals surface area contributed by atoms with E-state index in [0.717, 1.165) is 5.56 Å². The minimum Gasteiger partial charge on any atom is -0.439 e. The predicted molar refractivity (Wildman–Crippen MR) is 120 cm³/mol. The summed E-state index contributed by atoms with van der Waals surface area (Å²) in [4.78, 5) is 25.3. The van der Waals surface area contributed by atoms with Gasteiger partial charge in [-0.2, -0.15) is 0 Å². The molecule has 0 aliphatic heterocycles. The van der Waals surface area contributed by atoms with Crippen LogP contribution in [0.4, 0.5) is 5.69 Å². The zero-order valence-electron chi connectivity index (χ0n) is 17.1. The third kappa shape index (κ3) is 4.38. The number of rotatable bonds is 6. The maximum absolute atomic E-state index is 12.7. The van der Waals surface area contributed by atoms with Gasteiger partial charge in [-0.3, -0.25) is 9.59 Å². The quantitative estimate of drug-likeness (QED) is 0.426. The Morgan fingerprint density at radius 1 is 0.781 bits per heavy atom. The molecular weight excluding hydrogens is 426 g/mol. The molecule has 0 unspecified atom stereocenters. The lowest BCUT2D eigenvalue weighted by atomic mass is 10.0. The van der Waals surface area contributed by atoms with E-state index in [9.17, 15) is 18.0 Å². The number of hydrogen-bond acceptors (Lipinski definition) is 5. The fraction of sp³-hybridized carbons (Fsp3) is 0.0400. The first kappa shape index (κ1) is 21.3. The molecule has 6 nitrogen and oxygen atoms in total. The van der Waals surface area contributed by atoms with Crippen molar-refractivity contribution in [2.45, 2.75) is 16.9 Å². The number of hydrogen-bond donors (Lipinski definition) is 1. The SMILES string of the molecule is Cc1ccc(S(=O)(=O)c2ccc(C(=O)Nc3cccc(C(=O)c4ccccc4)c3)o2)cc1. The van der Waals surface area contributed by atoms with E-state index in [1.165, 1.54) is 24.3 Å². The molecule has 0 radical (unpaired) electrons. The second-order valence-corrected chi connectivity index (χ2v) is 9.05. The zero-order chi connectivity index (χ0) is 22.7. The molecule has 0 spiro atoms. The number of sulfone groups is 1. The van der Waals surface area contributed by atoms with E-state index >= 15 is 0 Å². The number of aryl methyl sites for hydroxylation is 1. The molecule has 0 atom stereocenters. The number of amides is 1. The Bertz CT molecular complexity index is 1390. The van der Waals surface area contributed by atoms with Crippen LogP contribution < -0.4 is 5.32 Å². The first-order valence-electron chi connectivity index (χ1n) is 9.77. The fourth-order valence-corrected chi connectivity index (χ4v) is 4.28. The Kier molecular flexibility index (Phi) is 5.75. The Hall–Kier alpha value is -3.97. The van der Waals surface area contributed by atoms with Gasteiger partial charge < -0.3 is 9.73 Å².